The van der Waals surface area contributed by atoms with Crippen LogP contribution in [0.3, 0.4) is 0 Å². The van der Waals surface area contributed by atoms with Crippen molar-refractivity contribution in [1.82, 2.24) is 0 Å². The normalized spacial score (nSPS) is 9.31. The fraction of sp³-hybridized carbons (Fsp3) is 0.100. The van der Waals surface area contributed by atoms with Gasteiger partial charge < -0.3 is 5.32 Å². The lowest BCUT2D eigenvalue weighted by Gasteiger charge is -2.09. The van der Waals surface area contributed by atoms with Gasteiger partial charge in [-0.05, 0) is 28.1 Å². The van der Waals surface area contributed by atoms with Crippen molar-refractivity contribution in [3.05, 3.63) is 26.6 Å². The Kier molecular flexibility index (Phi) is 4.65. The molecule has 16 heavy (non-hydrogen) atoms. The summed E-state index contributed by atoms with van der Waals surface area (Å²) in [5.74, 6) is -0.450. The SMILES string of the molecule is N#CCC(=O)Nc1c(Br)cc(Br)cc1C=O. The summed E-state index contributed by atoms with van der Waals surface area (Å²) in [6, 6.07) is 5.02. The third kappa shape index (κ3) is 3.15. The van der Waals surface area contributed by atoms with Crippen molar-refractivity contribution < 1.29 is 9.59 Å². The van der Waals surface area contributed by atoms with Crippen LogP contribution in [0.15, 0.2) is 21.1 Å². The molecule has 0 aliphatic heterocycles. The molecule has 0 fully saturated rings. The highest BCUT2D eigenvalue weighted by molar-refractivity contribution is 9.11. The Hall–Kier alpha value is -1.19. The molecule has 0 atom stereocenters. The van der Waals surface area contributed by atoms with E-state index in [0.717, 1.165) is 4.47 Å². The summed E-state index contributed by atoms with van der Waals surface area (Å²) < 4.78 is 1.30. The summed E-state index contributed by atoms with van der Waals surface area (Å²) in [6.45, 7) is 0. The lowest BCUT2D eigenvalue weighted by Crippen LogP contribution is -2.12. The van der Waals surface area contributed by atoms with Crippen LogP contribution in [0.1, 0.15) is 16.8 Å². The van der Waals surface area contributed by atoms with Gasteiger partial charge in [-0.15, -0.1) is 0 Å². The van der Waals surface area contributed by atoms with E-state index in [-0.39, 0.29) is 6.42 Å². The van der Waals surface area contributed by atoms with Crippen LogP contribution >= 0.6 is 31.9 Å². The quantitative estimate of drug-likeness (QED) is 0.856. The summed E-state index contributed by atoms with van der Waals surface area (Å²) in [5, 5.41) is 10.9. The van der Waals surface area contributed by atoms with Gasteiger partial charge in [0.25, 0.3) is 0 Å². The van der Waals surface area contributed by atoms with Gasteiger partial charge in [0.2, 0.25) is 5.91 Å². The zero-order valence-corrected chi connectivity index (χ0v) is 11.1. The second-order valence-electron chi connectivity index (χ2n) is 2.85. The number of carbonyl (C=O) groups is 2. The maximum absolute atomic E-state index is 11.2. The zero-order chi connectivity index (χ0) is 12.1. The van der Waals surface area contributed by atoms with Gasteiger partial charge in [-0.3, -0.25) is 9.59 Å². The Labute approximate surface area is 109 Å². The monoisotopic (exact) mass is 344 g/mol. The van der Waals surface area contributed by atoms with Gasteiger partial charge in [-0.2, -0.15) is 5.26 Å². The van der Waals surface area contributed by atoms with Crippen LogP contribution in [0, 0.1) is 11.3 Å². The molecule has 0 bridgehead atoms. The number of carbonyl (C=O) groups excluding carboxylic acids is 2. The number of amides is 1. The number of halogens is 2. The van der Waals surface area contributed by atoms with Gasteiger partial charge in [0.05, 0.1) is 11.8 Å². The van der Waals surface area contributed by atoms with Gasteiger partial charge in [0.1, 0.15) is 6.42 Å². The molecular weight excluding hydrogens is 340 g/mol. The fourth-order valence-electron chi connectivity index (χ4n) is 1.07. The van der Waals surface area contributed by atoms with Crippen LogP contribution in [0.25, 0.3) is 0 Å². The van der Waals surface area contributed by atoms with E-state index < -0.39 is 5.91 Å². The topological polar surface area (TPSA) is 70.0 Å². The first-order valence-corrected chi connectivity index (χ1v) is 5.78. The molecule has 1 N–H and O–H groups in total. The third-order valence-electron chi connectivity index (χ3n) is 1.72. The molecule has 0 radical (unpaired) electrons. The number of benzene rings is 1. The number of nitrogens with zero attached hydrogens (tertiary/aromatic N) is 1. The van der Waals surface area contributed by atoms with E-state index in [9.17, 15) is 9.59 Å². The molecule has 1 aromatic carbocycles. The van der Waals surface area contributed by atoms with Crippen molar-refractivity contribution in [2.45, 2.75) is 6.42 Å². The summed E-state index contributed by atoms with van der Waals surface area (Å²) >= 11 is 6.46. The van der Waals surface area contributed by atoms with E-state index in [0.29, 0.717) is 22.0 Å². The molecule has 0 aliphatic carbocycles. The molecule has 0 unspecified atom stereocenters. The molecule has 1 rings (SSSR count). The molecule has 4 nitrogen and oxygen atoms in total. The van der Waals surface area contributed by atoms with Gasteiger partial charge in [0, 0.05) is 14.5 Å². The Bertz CT molecular complexity index is 480. The molecule has 0 saturated heterocycles. The molecule has 82 valence electrons. The number of aldehydes is 1. The maximum atomic E-state index is 11.2. The fourth-order valence-corrected chi connectivity index (χ4v) is 2.43. The zero-order valence-electron chi connectivity index (χ0n) is 7.96. The largest absolute Gasteiger partial charge is 0.324 e. The van der Waals surface area contributed by atoms with Crippen LogP contribution in [-0.4, -0.2) is 12.2 Å². The van der Waals surface area contributed by atoms with Crippen molar-refractivity contribution in [2.24, 2.45) is 0 Å². The Morgan fingerprint density at radius 2 is 2.19 bits per heavy atom. The first-order chi connectivity index (χ1) is 7.58. The van der Waals surface area contributed by atoms with Gasteiger partial charge in [-0.25, -0.2) is 0 Å². The van der Waals surface area contributed by atoms with E-state index >= 15 is 0 Å². The summed E-state index contributed by atoms with van der Waals surface area (Å²) in [5.41, 5.74) is 0.714. The molecular formula is C10H6Br2N2O2. The summed E-state index contributed by atoms with van der Waals surface area (Å²) in [4.78, 5) is 22.0. The number of anilines is 1. The van der Waals surface area contributed by atoms with E-state index in [2.05, 4.69) is 37.2 Å². The molecule has 0 saturated carbocycles. The summed E-state index contributed by atoms with van der Waals surface area (Å²) in [6.07, 6.45) is 0.387. The average molecular weight is 346 g/mol. The number of nitriles is 1. The Morgan fingerprint density at radius 1 is 1.50 bits per heavy atom. The first kappa shape index (κ1) is 12.9. The highest BCUT2D eigenvalue weighted by atomic mass is 79.9. The average Bonchev–Trinajstić information content (AvgIpc) is 2.22. The minimum absolute atomic E-state index is 0.249. The predicted molar refractivity (Wildman–Crippen MR) is 66.1 cm³/mol. The van der Waals surface area contributed by atoms with Crippen molar-refractivity contribution in [3.8, 4) is 6.07 Å². The highest BCUT2D eigenvalue weighted by Crippen LogP contribution is 2.29. The molecule has 0 spiro atoms. The predicted octanol–water partition coefficient (Wildman–Crippen LogP) is 2.88. The Morgan fingerprint density at radius 3 is 2.75 bits per heavy atom. The van der Waals surface area contributed by atoms with Crippen molar-refractivity contribution in [3.63, 3.8) is 0 Å². The lowest BCUT2D eigenvalue weighted by molar-refractivity contribution is -0.115. The minimum atomic E-state index is -0.450. The van der Waals surface area contributed by atoms with Crippen molar-refractivity contribution in [1.29, 1.82) is 5.26 Å². The smallest absolute Gasteiger partial charge is 0.238 e. The lowest BCUT2D eigenvalue weighted by atomic mass is 10.2. The van der Waals surface area contributed by atoms with Gasteiger partial charge in [0.15, 0.2) is 6.29 Å². The standard InChI is InChI=1S/C10H6Br2N2O2/c11-7-3-6(5-15)10(8(12)4-7)14-9(16)1-2-13/h3-5H,1H2,(H,14,16). The van der Waals surface area contributed by atoms with E-state index in [1.807, 2.05) is 0 Å². The van der Waals surface area contributed by atoms with E-state index in [1.54, 1.807) is 18.2 Å². The van der Waals surface area contributed by atoms with Crippen LogP contribution in [0.5, 0.6) is 0 Å². The van der Waals surface area contributed by atoms with Gasteiger partial charge >= 0.3 is 0 Å². The van der Waals surface area contributed by atoms with E-state index in [1.165, 1.54) is 0 Å². The molecule has 1 amide bonds. The highest BCUT2D eigenvalue weighted by Gasteiger charge is 2.11. The molecule has 1 aromatic rings. The van der Waals surface area contributed by atoms with Crippen LogP contribution in [0.4, 0.5) is 5.69 Å². The first-order valence-electron chi connectivity index (χ1n) is 4.19. The third-order valence-corrected chi connectivity index (χ3v) is 2.80. The van der Waals surface area contributed by atoms with Crippen LogP contribution < -0.4 is 5.32 Å². The maximum Gasteiger partial charge on any atom is 0.238 e. The number of hydrogen-bond acceptors (Lipinski definition) is 3. The van der Waals surface area contributed by atoms with Crippen molar-refractivity contribution >= 4 is 49.7 Å². The van der Waals surface area contributed by atoms with Crippen LogP contribution in [-0.2, 0) is 4.79 Å². The van der Waals surface area contributed by atoms with Crippen LogP contribution in [0.2, 0.25) is 0 Å². The number of hydrogen-bond donors (Lipinski definition) is 1. The summed E-state index contributed by atoms with van der Waals surface area (Å²) in [7, 11) is 0. The van der Waals surface area contributed by atoms with Crippen molar-refractivity contribution in [2.75, 3.05) is 5.32 Å². The molecule has 0 aromatic heterocycles. The molecule has 6 heteroatoms. The molecule has 0 heterocycles. The molecule has 0 aliphatic rings. The number of rotatable bonds is 3. The second-order valence-corrected chi connectivity index (χ2v) is 4.62. The Balaban J connectivity index is 3.08. The minimum Gasteiger partial charge on any atom is -0.324 e. The van der Waals surface area contributed by atoms with Gasteiger partial charge in [-0.1, -0.05) is 15.9 Å². The van der Waals surface area contributed by atoms with E-state index in [4.69, 9.17) is 5.26 Å². The number of nitrogens with one attached hydrogen (secondary N) is 1. The second kappa shape index (κ2) is 5.77.